The van der Waals surface area contributed by atoms with Crippen molar-refractivity contribution in [3.05, 3.63) is 51.1 Å². The van der Waals surface area contributed by atoms with Gasteiger partial charge in [-0.1, -0.05) is 22.0 Å². The van der Waals surface area contributed by atoms with E-state index < -0.39 is 6.10 Å². The summed E-state index contributed by atoms with van der Waals surface area (Å²) in [6, 6.07) is 9.66. The van der Waals surface area contributed by atoms with Crippen LogP contribution in [-0.2, 0) is 6.54 Å². The van der Waals surface area contributed by atoms with Gasteiger partial charge in [-0.2, -0.15) is 11.3 Å². The first-order chi connectivity index (χ1) is 9.24. The molecule has 3 nitrogen and oxygen atoms in total. The predicted molar refractivity (Wildman–Crippen MR) is 81.7 cm³/mol. The van der Waals surface area contributed by atoms with E-state index in [9.17, 15) is 5.11 Å². The highest BCUT2D eigenvalue weighted by atomic mass is 79.9. The highest BCUT2D eigenvalue weighted by Gasteiger charge is 2.05. The Labute approximate surface area is 125 Å². The minimum Gasteiger partial charge on any atom is -0.491 e. The van der Waals surface area contributed by atoms with Gasteiger partial charge in [0, 0.05) is 17.6 Å². The number of nitrogens with one attached hydrogen (secondary N) is 1. The van der Waals surface area contributed by atoms with Crippen LogP contribution in [0.4, 0.5) is 0 Å². The summed E-state index contributed by atoms with van der Waals surface area (Å²) in [4.78, 5) is 0. The fourth-order valence-corrected chi connectivity index (χ4v) is 2.63. The largest absolute Gasteiger partial charge is 0.491 e. The van der Waals surface area contributed by atoms with Crippen LogP contribution in [0.1, 0.15) is 5.56 Å². The molecule has 0 saturated heterocycles. The normalized spacial score (nSPS) is 12.3. The van der Waals surface area contributed by atoms with Crippen molar-refractivity contribution in [3.63, 3.8) is 0 Å². The van der Waals surface area contributed by atoms with Crippen LogP contribution in [0.3, 0.4) is 0 Å². The number of ether oxygens (including phenoxy) is 1. The zero-order chi connectivity index (χ0) is 13.5. The van der Waals surface area contributed by atoms with E-state index in [1.165, 1.54) is 5.56 Å². The van der Waals surface area contributed by atoms with Crippen molar-refractivity contribution in [2.45, 2.75) is 12.6 Å². The number of rotatable bonds is 7. The van der Waals surface area contributed by atoms with Crippen molar-refractivity contribution in [2.24, 2.45) is 0 Å². The third kappa shape index (κ3) is 5.32. The molecule has 19 heavy (non-hydrogen) atoms. The summed E-state index contributed by atoms with van der Waals surface area (Å²) < 4.78 is 6.49. The van der Waals surface area contributed by atoms with E-state index in [1.807, 2.05) is 29.6 Å². The molecular weight excluding hydrogens is 326 g/mol. The van der Waals surface area contributed by atoms with E-state index in [1.54, 1.807) is 11.3 Å². The van der Waals surface area contributed by atoms with E-state index in [0.717, 1.165) is 16.8 Å². The van der Waals surface area contributed by atoms with Crippen LogP contribution in [0.15, 0.2) is 45.6 Å². The van der Waals surface area contributed by atoms with Crippen LogP contribution in [0.2, 0.25) is 0 Å². The Hall–Kier alpha value is -0.880. The molecule has 0 saturated carbocycles. The van der Waals surface area contributed by atoms with Crippen LogP contribution >= 0.6 is 27.3 Å². The second kappa shape index (κ2) is 7.65. The molecule has 1 aromatic heterocycles. The second-order valence-corrected chi connectivity index (χ2v) is 5.88. The summed E-state index contributed by atoms with van der Waals surface area (Å²) in [6.07, 6.45) is -0.516. The zero-order valence-electron chi connectivity index (χ0n) is 10.4. The quantitative estimate of drug-likeness (QED) is 0.813. The lowest BCUT2D eigenvalue weighted by atomic mass is 10.3. The van der Waals surface area contributed by atoms with Crippen molar-refractivity contribution in [1.82, 2.24) is 5.32 Å². The lowest BCUT2D eigenvalue weighted by Gasteiger charge is -2.13. The Morgan fingerprint density at radius 2 is 2.26 bits per heavy atom. The molecule has 0 aliphatic heterocycles. The molecule has 0 radical (unpaired) electrons. The fourth-order valence-electron chi connectivity index (χ4n) is 1.58. The first-order valence-corrected chi connectivity index (χ1v) is 7.76. The topological polar surface area (TPSA) is 41.5 Å². The number of aliphatic hydroxyl groups is 1. The standard InChI is InChI=1S/C14H16BrNO2S/c15-12-2-1-3-14(6-12)18-9-13(17)8-16-7-11-4-5-19-10-11/h1-6,10,13,16-17H,7-9H2. The molecular formula is C14H16BrNO2S. The molecule has 0 bridgehead atoms. The van der Waals surface area contributed by atoms with E-state index >= 15 is 0 Å². The minimum absolute atomic E-state index is 0.285. The van der Waals surface area contributed by atoms with Gasteiger partial charge < -0.3 is 15.2 Å². The van der Waals surface area contributed by atoms with Gasteiger partial charge in [-0.15, -0.1) is 0 Å². The summed E-state index contributed by atoms with van der Waals surface area (Å²) in [6.45, 7) is 1.58. The van der Waals surface area contributed by atoms with Crippen LogP contribution < -0.4 is 10.1 Å². The second-order valence-electron chi connectivity index (χ2n) is 4.18. The van der Waals surface area contributed by atoms with E-state index in [-0.39, 0.29) is 6.61 Å². The van der Waals surface area contributed by atoms with Gasteiger partial charge in [0.05, 0.1) is 0 Å². The number of benzene rings is 1. The molecule has 1 unspecified atom stereocenters. The Morgan fingerprint density at radius 1 is 1.37 bits per heavy atom. The molecule has 1 aromatic carbocycles. The van der Waals surface area contributed by atoms with Gasteiger partial charge in [-0.05, 0) is 40.6 Å². The van der Waals surface area contributed by atoms with E-state index in [2.05, 4.69) is 32.7 Å². The van der Waals surface area contributed by atoms with Gasteiger partial charge in [0.2, 0.25) is 0 Å². The average Bonchev–Trinajstić information content (AvgIpc) is 2.90. The maximum atomic E-state index is 9.81. The summed E-state index contributed by atoms with van der Waals surface area (Å²) in [5, 5.41) is 17.2. The summed E-state index contributed by atoms with van der Waals surface area (Å²) in [5.74, 6) is 0.756. The number of hydrogen-bond donors (Lipinski definition) is 2. The van der Waals surface area contributed by atoms with E-state index in [4.69, 9.17) is 4.74 Å². The first-order valence-electron chi connectivity index (χ1n) is 6.02. The fraction of sp³-hybridized carbons (Fsp3) is 0.286. The highest BCUT2D eigenvalue weighted by molar-refractivity contribution is 9.10. The van der Waals surface area contributed by atoms with Crippen LogP contribution in [0.25, 0.3) is 0 Å². The Bertz CT molecular complexity index is 490. The van der Waals surface area contributed by atoms with Gasteiger partial charge in [0.15, 0.2) is 0 Å². The first kappa shape index (κ1) is 14.5. The van der Waals surface area contributed by atoms with Crippen LogP contribution in [-0.4, -0.2) is 24.4 Å². The Morgan fingerprint density at radius 3 is 3.00 bits per heavy atom. The van der Waals surface area contributed by atoms with Crippen molar-refractivity contribution in [2.75, 3.05) is 13.2 Å². The number of halogens is 1. The molecule has 0 fully saturated rings. The SMILES string of the molecule is OC(CNCc1ccsc1)COc1cccc(Br)c1. The molecule has 0 aliphatic carbocycles. The van der Waals surface area contributed by atoms with E-state index in [0.29, 0.717) is 6.54 Å². The van der Waals surface area contributed by atoms with Gasteiger partial charge in [0.25, 0.3) is 0 Å². The molecule has 1 atom stereocenters. The average molecular weight is 342 g/mol. The predicted octanol–water partition coefficient (Wildman–Crippen LogP) is 3.04. The van der Waals surface area contributed by atoms with Crippen LogP contribution in [0, 0.1) is 0 Å². The van der Waals surface area contributed by atoms with Gasteiger partial charge >= 0.3 is 0 Å². The Balaban J connectivity index is 1.65. The van der Waals surface area contributed by atoms with Crippen molar-refractivity contribution >= 4 is 27.3 Å². The zero-order valence-corrected chi connectivity index (χ0v) is 12.8. The van der Waals surface area contributed by atoms with Crippen molar-refractivity contribution in [3.8, 4) is 5.75 Å². The highest BCUT2D eigenvalue weighted by Crippen LogP contribution is 2.17. The summed E-state index contributed by atoms with van der Waals surface area (Å²) in [7, 11) is 0. The third-order valence-electron chi connectivity index (χ3n) is 2.53. The lowest BCUT2D eigenvalue weighted by Crippen LogP contribution is -2.31. The van der Waals surface area contributed by atoms with Gasteiger partial charge in [-0.3, -0.25) is 0 Å². The maximum Gasteiger partial charge on any atom is 0.120 e. The molecule has 0 amide bonds. The lowest BCUT2D eigenvalue weighted by molar-refractivity contribution is 0.106. The molecule has 0 aliphatic rings. The smallest absolute Gasteiger partial charge is 0.120 e. The number of thiophene rings is 1. The molecule has 0 spiro atoms. The molecule has 2 aromatic rings. The van der Waals surface area contributed by atoms with Crippen molar-refractivity contribution < 1.29 is 9.84 Å². The Kier molecular flexibility index (Phi) is 5.85. The summed E-state index contributed by atoms with van der Waals surface area (Å²) in [5.41, 5.74) is 1.24. The third-order valence-corrected chi connectivity index (χ3v) is 3.75. The molecule has 2 N–H and O–H groups in total. The molecule has 5 heteroatoms. The number of hydrogen-bond acceptors (Lipinski definition) is 4. The molecule has 1 heterocycles. The van der Waals surface area contributed by atoms with Gasteiger partial charge in [-0.25, -0.2) is 0 Å². The maximum absolute atomic E-state index is 9.81. The van der Waals surface area contributed by atoms with Gasteiger partial charge in [0.1, 0.15) is 18.5 Å². The minimum atomic E-state index is -0.516. The van der Waals surface area contributed by atoms with Crippen LogP contribution in [0.5, 0.6) is 5.75 Å². The van der Waals surface area contributed by atoms with Crippen molar-refractivity contribution in [1.29, 1.82) is 0 Å². The molecule has 2 rings (SSSR count). The molecule has 102 valence electrons. The summed E-state index contributed by atoms with van der Waals surface area (Å²) >= 11 is 5.05. The number of aliphatic hydroxyl groups excluding tert-OH is 1. The monoisotopic (exact) mass is 341 g/mol.